The lowest BCUT2D eigenvalue weighted by Crippen LogP contribution is -2.18. The van der Waals surface area contributed by atoms with E-state index in [0.29, 0.717) is 0 Å². The fourth-order valence-corrected chi connectivity index (χ4v) is 9.45. The highest BCUT2D eigenvalue weighted by atomic mass is 32.3. The summed E-state index contributed by atoms with van der Waals surface area (Å²) in [6.45, 7) is 0. The van der Waals surface area contributed by atoms with Crippen molar-refractivity contribution in [2.45, 2.75) is 16.4 Å². The van der Waals surface area contributed by atoms with Gasteiger partial charge in [0.2, 0.25) is 0 Å². The molecule has 0 spiro atoms. The first-order valence-corrected chi connectivity index (χ1v) is 11.5. The molecule has 1 aliphatic rings. The van der Waals surface area contributed by atoms with Gasteiger partial charge in [-0.3, -0.25) is 0 Å². The molecule has 1 radical (unpaired) electrons. The summed E-state index contributed by atoms with van der Waals surface area (Å²) in [6.07, 6.45) is 4.50. The molecule has 0 saturated carbocycles. The van der Waals surface area contributed by atoms with Gasteiger partial charge in [-0.2, -0.15) is 0 Å². The molecule has 3 aromatic carbocycles. The third kappa shape index (κ3) is 2.96. The summed E-state index contributed by atoms with van der Waals surface area (Å²) >= 11 is 0. The third-order valence-electron chi connectivity index (χ3n) is 5.19. The van der Waals surface area contributed by atoms with Crippen LogP contribution >= 0.6 is 9.16 Å². The number of benzene rings is 3. The number of thiol groups is 1. The summed E-state index contributed by atoms with van der Waals surface area (Å²) in [6, 6.07) is 33.6. The highest BCUT2D eigenvalue weighted by Gasteiger charge is 2.40. The molecular formula is C24H23S. The average molecular weight is 344 g/mol. The van der Waals surface area contributed by atoms with Crippen molar-refractivity contribution in [3.05, 3.63) is 125 Å². The molecule has 0 fully saturated rings. The zero-order valence-corrected chi connectivity index (χ0v) is 15.1. The van der Waals surface area contributed by atoms with E-state index in [1.54, 1.807) is 0 Å². The van der Waals surface area contributed by atoms with Crippen LogP contribution in [-0.2, 0) is 11.5 Å². The molecule has 4 rings (SSSR count). The number of allylic oxidation sites excluding steroid dienone is 2. The Morgan fingerprint density at radius 1 is 0.600 bits per heavy atom. The maximum atomic E-state index is 3.19. The molecular weight excluding hydrogens is 320 g/mol. The average Bonchev–Trinajstić information content (AvgIpc) is 3.10. The predicted molar refractivity (Wildman–Crippen MR) is 111 cm³/mol. The van der Waals surface area contributed by atoms with Crippen LogP contribution in [0.3, 0.4) is 0 Å². The van der Waals surface area contributed by atoms with E-state index < -0.39 is 9.16 Å². The monoisotopic (exact) mass is 343 g/mol. The highest BCUT2D eigenvalue weighted by Crippen LogP contribution is 2.82. The Labute approximate surface area is 150 Å². The summed E-state index contributed by atoms with van der Waals surface area (Å²) in [5, 5.41) is 5.03. The Balaban J connectivity index is 1.90. The molecule has 0 unspecified atom stereocenters. The number of hydrogen-bond acceptors (Lipinski definition) is 0. The molecule has 0 N–H and O–H groups in total. The second-order valence-corrected chi connectivity index (χ2v) is 12.0. The van der Waals surface area contributed by atoms with Crippen LogP contribution in [-0.4, -0.2) is 0 Å². The van der Waals surface area contributed by atoms with E-state index in [9.17, 15) is 0 Å². The SMILES string of the molecule is [c]1ccc([SH]2(Cc3ccccc3)(Cc3ccccc3)C=CC=C2)cc1. The Morgan fingerprint density at radius 3 is 1.56 bits per heavy atom. The predicted octanol–water partition coefficient (Wildman–Crippen LogP) is 6.36. The summed E-state index contributed by atoms with van der Waals surface area (Å²) in [5.74, 6) is 2.14. The van der Waals surface area contributed by atoms with Gasteiger partial charge >= 0.3 is 0 Å². The van der Waals surface area contributed by atoms with Crippen LogP contribution in [0.15, 0.2) is 113 Å². The molecule has 0 atom stereocenters. The first kappa shape index (κ1) is 16.0. The molecule has 0 aliphatic carbocycles. The number of hydrogen-bond donors (Lipinski definition) is 1. The lowest BCUT2D eigenvalue weighted by atomic mass is 10.2. The minimum Gasteiger partial charge on any atom is -0.225 e. The van der Waals surface area contributed by atoms with Crippen molar-refractivity contribution in [2.24, 2.45) is 0 Å². The first-order valence-electron chi connectivity index (χ1n) is 8.72. The minimum atomic E-state index is -2.42. The highest BCUT2D eigenvalue weighted by molar-refractivity contribution is 8.52. The van der Waals surface area contributed by atoms with Crippen molar-refractivity contribution >= 4 is 9.16 Å². The van der Waals surface area contributed by atoms with Gasteiger partial charge in [-0.1, -0.05) is 108 Å². The van der Waals surface area contributed by atoms with Gasteiger partial charge in [0.1, 0.15) is 0 Å². The molecule has 0 amide bonds. The van der Waals surface area contributed by atoms with Crippen LogP contribution in [0, 0.1) is 6.07 Å². The van der Waals surface area contributed by atoms with Gasteiger partial charge in [-0.05, 0) is 33.6 Å². The second kappa shape index (κ2) is 6.42. The first-order chi connectivity index (χ1) is 12.3. The van der Waals surface area contributed by atoms with Gasteiger partial charge < -0.3 is 0 Å². The van der Waals surface area contributed by atoms with Gasteiger partial charge in [0.25, 0.3) is 0 Å². The Hall–Kier alpha value is -2.51. The maximum absolute atomic E-state index is 3.19. The lowest BCUT2D eigenvalue weighted by Gasteiger charge is -2.56. The summed E-state index contributed by atoms with van der Waals surface area (Å²) in [4.78, 5) is 1.45. The van der Waals surface area contributed by atoms with Crippen LogP contribution in [0.2, 0.25) is 0 Å². The number of rotatable bonds is 5. The van der Waals surface area contributed by atoms with Crippen molar-refractivity contribution in [2.75, 3.05) is 0 Å². The lowest BCUT2D eigenvalue weighted by molar-refractivity contribution is 1.26. The molecule has 1 heteroatoms. The topological polar surface area (TPSA) is 0 Å². The van der Waals surface area contributed by atoms with Crippen molar-refractivity contribution < 1.29 is 0 Å². The Kier molecular flexibility index (Phi) is 4.10. The van der Waals surface area contributed by atoms with Crippen LogP contribution < -0.4 is 0 Å². The van der Waals surface area contributed by atoms with Crippen molar-refractivity contribution in [3.63, 3.8) is 0 Å². The van der Waals surface area contributed by atoms with Gasteiger partial charge in [0.05, 0.1) is 0 Å². The maximum Gasteiger partial charge on any atom is -0.00109 e. The zero-order valence-electron chi connectivity index (χ0n) is 14.3. The molecule has 1 aliphatic heterocycles. The molecule has 0 nitrogen and oxygen atoms in total. The van der Waals surface area contributed by atoms with Gasteiger partial charge in [0.15, 0.2) is 0 Å². The van der Waals surface area contributed by atoms with E-state index in [4.69, 9.17) is 0 Å². The van der Waals surface area contributed by atoms with Crippen molar-refractivity contribution in [1.82, 2.24) is 0 Å². The molecule has 25 heavy (non-hydrogen) atoms. The van der Waals surface area contributed by atoms with Crippen LogP contribution in [0.1, 0.15) is 11.1 Å². The minimum absolute atomic E-state index is 1.07. The summed E-state index contributed by atoms with van der Waals surface area (Å²) < 4.78 is 0. The molecule has 0 aromatic heterocycles. The van der Waals surface area contributed by atoms with E-state index in [1.165, 1.54) is 16.0 Å². The van der Waals surface area contributed by atoms with E-state index >= 15 is 0 Å². The van der Waals surface area contributed by atoms with Crippen LogP contribution in [0.25, 0.3) is 0 Å². The van der Waals surface area contributed by atoms with Crippen molar-refractivity contribution in [1.29, 1.82) is 0 Å². The smallest absolute Gasteiger partial charge is 0.00109 e. The van der Waals surface area contributed by atoms with Gasteiger partial charge in [-0.25, -0.2) is 9.16 Å². The molecule has 0 bridgehead atoms. The fraction of sp³-hybridized carbons (Fsp3) is 0.0833. The quantitative estimate of drug-likeness (QED) is 0.512. The molecule has 1 heterocycles. The van der Waals surface area contributed by atoms with E-state index in [1.807, 2.05) is 0 Å². The van der Waals surface area contributed by atoms with Gasteiger partial charge in [0, 0.05) is 0 Å². The molecule has 3 aromatic rings. The second-order valence-electron chi connectivity index (χ2n) is 6.91. The Morgan fingerprint density at radius 2 is 1.08 bits per heavy atom. The normalized spacial score (nSPS) is 18.5. The molecule has 125 valence electrons. The van der Waals surface area contributed by atoms with E-state index in [2.05, 4.69) is 114 Å². The zero-order chi connectivity index (χ0) is 17.0. The molecule has 0 saturated heterocycles. The van der Waals surface area contributed by atoms with Crippen molar-refractivity contribution in [3.8, 4) is 0 Å². The Bertz CT molecular complexity index is 835. The standard InChI is InChI=1S/C24H23S/c1-4-12-22(13-5-1)20-25(18-10-11-19-25,24-16-8-3-9-17-24)21-23-14-6-2-7-15-23/h1-2,4-19,25H,20-21H2. The fourth-order valence-electron chi connectivity index (χ4n) is 3.99. The van der Waals surface area contributed by atoms with Crippen LogP contribution in [0.5, 0.6) is 0 Å². The largest absolute Gasteiger partial charge is 0.225 e. The van der Waals surface area contributed by atoms with E-state index in [-0.39, 0.29) is 0 Å². The summed E-state index contributed by atoms with van der Waals surface area (Å²) in [7, 11) is -2.42. The van der Waals surface area contributed by atoms with Gasteiger partial charge in [-0.15, -0.1) is 0 Å². The summed E-state index contributed by atoms with van der Waals surface area (Å²) in [5.41, 5.74) is 2.81. The van der Waals surface area contributed by atoms with Crippen LogP contribution in [0.4, 0.5) is 0 Å². The van der Waals surface area contributed by atoms with E-state index in [0.717, 1.165) is 11.5 Å². The third-order valence-corrected chi connectivity index (χ3v) is 10.9.